The van der Waals surface area contributed by atoms with Crippen LogP contribution in [0.4, 0.5) is 10.2 Å². The summed E-state index contributed by atoms with van der Waals surface area (Å²) in [5.74, 6) is 1.45. The van der Waals surface area contributed by atoms with Gasteiger partial charge in [-0.1, -0.05) is 35.9 Å². The first-order valence-electron chi connectivity index (χ1n) is 10.6. The second-order valence-electron chi connectivity index (χ2n) is 8.27. The molecular weight excluding hydrogens is 445 g/mol. The van der Waals surface area contributed by atoms with Crippen molar-refractivity contribution in [2.75, 3.05) is 18.0 Å². The van der Waals surface area contributed by atoms with Crippen LogP contribution in [0.25, 0.3) is 21.3 Å². The van der Waals surface area contributed by atoms with E-state index in [0.717, 1.165) is 51.6 Å². The number of thiophene rings is 1. The number of rotatable bonds is 4. The molecule has 0 N–H and O–H groups in total. The molecule has 2 unspecified atom stereocenters. The van der Waals surface area contributed by atoms with Gasteiger partial charge in [0.05, 0.1) is 17.6 Å². The Morgan fingerprint density at radius 1 is 1.03 bits per heavy atom. The largest absolute Gasteiger partial charge is 0.372 e. The standard InChI is InChI=1S/C25H23ClFN3OS/c1-15-12-30(13-16(2)31-15)24-23-21(18-5-9-20(27)10-6-18)14-32-25(23)29-22(28-24)11-17-3-7-19(26)8-4-17/h3-10,14-16H,11-13H2,1-2H3. The maximum absolute atomic E-state index is 13.5. The first-order valence-corrected chi connectivity index (χ1v) is 11.9. The number of halogens is 2. The van der Waals surface area contributed by atoms with E-state index in [0.29, 0.717) is 11.4 Å². The number of aromatic nitrogens is 2. The van der Waals surface area contributed by atoms with E-state index in [1.807, 2.05) is 36.4 Å². The molecule has 4 aromatic rings. The predicted molar refractivity (Wildman–Crippen MR) is 129 cm³/mol. The number of hydrogen-bond acceptors (Lipinski definition) is 5. The third-order valence-corrected chi connectivity index (χ3v) is 6.73. The van der Waals surface area contributed by atoms with Gasteiger partial charge in [0, 0.05) is 35.5 Å². The highest BCUT2D eigenvalue weighted by Crippen LogP contribution is 2.39. The van der Waals surface area contributed by atoms with Gasteiger partial charge in [0.2, 0.25) is 0 Å². The van der Waals surface area contributed by atoms with Gasteiger partial charge < -0.3 is 9.64 Å². The molecule has 32 heavy (non-hydrogen) atoms. The third-order valence-electron chi connectivity index (χ3n) is 5.61. The Bertz CT molecular complexity index is 1230. The zero-order valence-electron chi connectivity index (χ0n) is 17.9. The van der Waals surface area contributed by atoms with E-state index in [9.17, 15) is 4.39 Å². The smallest absolute Gasteiger partial charge is 0.141 e. The van der Waals surface area contributed by atoms with Gasteiger partial charge in [-0.3, -0.25) is 0 Å². The lowest BCUT2D eigenvalue weighted by Gasteiger charge is -2.36. The normalized spacial score (nSPS) is 18.9. The van der Waals surface area contributed by atoms with Crippen LogP contribution in [0.2, 0.25) is 5.02 Å². The van der Waals surface area contributed by atoms with Gasteiger partial charge in [0.15, 0.2) is 0 Å². The molecule has 0 bridgehead atoms. The summed E-state index contributed by atoms with van der Waals surface area (Å²) in [6.45, 7) is 5.69. The summed E-state index contributed by atoms with van der Waals surface area (Å²) in [4.78, 5) is 13.2. The van der Waals surface area contributed by atoms with E-state index in [4.69, 9.17) is 26.3 Å². The van der Waals surface area contributed by atoms with Crippen LogP contribution in [0.5, 0.6) is 0 Å². The van der Waals surface area contributed by atoms with Crippen LogP contribution in [0.15, 0.2) is 53.9 Å². The summed E-state index contributed by atoms with van der Waals surface area (Å²) in [7, 11) is 0. The molecule has 5 rings (SSSR count). The van der Waals surface area contributed by atoms with Crippen molar-refractivity contribution < 1.29 is 9.13 Å². The molecule has 0 radical (unpaired) electrons. The maximum Gasteiger partial charge on any atom is 0.141 e. The van der Waals surface area contributed by atoms with Crippen molar-refractivity contribution in [2.45, 2.75) is 32.5 Å². The van der Waals surface area contributed by atoms with Gasteiger partial charge in [0.25, 0.3) is 0 Å². The van der Waals surface area contributed by atoms with Gasteiger partial charge in [0.1, 0.15) is 22.3 Å². The Morgan fingerprint density at radius 2 is 1.72 bits per heavy atom. The SMILES string of the molecule is CC1CN(c2nc(Cc3ccc(Cl)cc3)nc3scc(-c4ccc(F)cc4)c23)CC(C)O1. The summed E-state index contributed by atoms with van der Waals surface area (Å²) in [5, 5.41) is 3.82. The average molecular weight is 468 g/mol. The first kappa shape index (κ1) is 21.3. The van der Waals surface area contributed by atoms with Crippen LogP contribution < -0.4 is 4.90 Å². The minimum atomic E-state index is -0.245. The highest BCUT2D eigenvalue weighted by Gasteiger charge is 2.27. The molecule has 7 heteroatoms. The number of hydrogen-bond donors (Lipinski definition) is 0. The van der Waals surface area contributed by atoms with Gasteiger partial charge in [-0.05, 0) is 49.2 Å². The molecule has 3 heterocycles. The first-order chi connectivity index (χ1) is 15.5. The Morgan fingerprint density at radius 3 is 2.41 bits per heavy atom. The van der Waals surface area contributed by atoms with Crippen LogP contribution in [0.1, 0.15) is 25.2 Å². The summed E-state index contributed by atoms with van der Waals surface area (Å²) >= 11 is 7.64. The quantitative estimate of drug-likeness (QED) is 0.350. The van der Waals surface area contributed by atoms with Crippen molar-refractivity contribution in [1.29, 1.82) is 0 Å². The van der Waals surface area contributed by atoms with Crippen LogP contribution >= 0.6 is 22.9 Å². The lowest BCUT2D eigenvalue weighted by Crippen LogP contribution is -2.46. The van der Waals surface area contributed by atoms with Crippen molar-refractivity contribution in [3.8, 4) is 11.1 Å². The Labute approximate surface area is 195 Å². The van der Waals surface area contributed by atoms with Crippen molar-refractivity contribution in [3.63, 3.8) is 0 Å². The number of morpholine rings is 1. The number of ether oxygens (including phenoxy) is 1. The van der Waals surface area contributed by atoms with E-state index < -0.39 is 0 Å². The predicted octanol–water partition coefficient (Wildman–Crippen LogP) is 6.36. The number of benzene rings is 2. The monoisotopic (exact) mass is 467 g/mol. The fourth-order valence-electron chi connectivity index (χ4n) is 4.25. The van der Waals surface area contributed by atoms with Crippen LogP contribution in [-0.2, 0) is 11.2 Å². The second kappa shape index (κ2) is 8.77. The topological polar surface area (TPSA) is 38.2 Å². The van der Waals surface area contributed by atoms with Crippen molar-refractivity contribution in [3.05, 3.63) is 76.1 Å². The maximum atomic E-state index is 13.5. The molecule has 2 aromatic heterocycles. The Kier molecular flexibility index (Phi) is 5.84. The molecule has 0 spiro atoms. The zero-order valence-corrected chi connectivity index (χ0v) is 19.5. The van der Waals surface area contributed by atoms with Crippen molar-refractivity contribution >= 4 is 39.0 Å². The van der Waals surface area contributed by atoms with Crippen LogP contribution in [-0.4, -0.2) is 35.3 Å². The van der Waals surface area contributed by atoms with E-state index >= 15 is 0 Å². The molecule has 1 aliphatic rings. The van der Waals surface area contributed by atoms with Crippen molar-refractivity contribution in [2.24, 2.45) is 0 Å². The van der Waals surface area contributed by atoms with Crippen LogP contribution in [0, 0.1) is 5.82 Å². The summed E-state index contributed by atoms with van der Waals surface area (Å²) in [5.41, 5.74) is 3.10. The van der Waals surface area contributed by atoms with E-state index in [1.165, 1.54) is 12.1 Å². The molecular formula is C25H23ClFN3OS. The summed E-state index contributed by atoms with van der Waals surface area (Å²) < 4.78 is 19.5. The molecule has 0 aliphatic carbocycles. The van der Waals surface area contributed by atoms with Crippen LogP contribution in [0.3, 0.4) is 0 Å². The Balaban J connectivity index is 1.63. The van der Waals surface area contributed by atoms with E-state index in [1.54, 1.807) is 11.3 Å². The van der Waals surface area contributed by atoms with Gasteiger partial charge in [-0.2, -0.15) is 0 Å². The summed E-state index contributed by atoms with van der Waals surface area (Å²) in [6.07, 6.45) is 0.840. The van der Waals surface area contributed by atoms with Gasteiger partial charge in [-0.25, -0.2) is 14.4 Å². The number of anilines is 1. The lowest BCUT2D eigenvalue weighted by molar-refractivity contribution is -0.00538. The number of nitrogens with zero attached hydrogens (tertiary/aromatic N) is 3. The average Bonchev–Trinajstić information content (AvgIpc) is 3.19. The van der Waals surface area contributed by atoms with E-state index in [-0.39, 0.29) is 18.0 Å². The molecule has 2 atom stereocenters. The fraction of sp³-hybridized carbons (Fsp3) is 0.280. The molecule has 2 aromatic carbocycles. The molecule has 1 fully saturated rings. The second-order valence-corrected chi connectivity index (χ2v) is 9.56. The zero-order chi connectivity index (χ0) is 22.2. The highest BCUT2D eigenvalue weighted by atomic mass is 35.5. The number of fused-ring (bicyclic) bond motifs is 1. The molecule has 0 saturated carbocycles. The molecule has 1 saturated heterocycles. The van der Waals surface area contributed by atoms with Gasteiger partial charge in [-0.15, -0.1) is 11.3 Å². The summed E-state index contributed by atoms with van der Waals surface area (Å²) in [6, 6.07) is 14.4. The lowest BCUT2D eigenvalue weighted by atomic mass is 10.0. The minimum absolute atomic E-state index is 0.108. The van der Waals surface area contributed by atoms with Crippen molar-refractivity contribution in [1.82, 2.24) is 9.97 Å². The minimum Gasteiger partial charge on any atom is -0.372 e. The third kappa shape index (κ3) is 4.35. The molecule has 4 nitrogen and oxygen atoms in total. The Hall–Kier alpha value is -2.54. The highest BCUT2D eigenvalue weighted by molar-refractivity contribution is 7.17. The van der Waals surface area contributed by atoms with Gasteiger partial charge >= 0.3 is 0 Å². The molecule has 1 aliphatic heterocycles. The molecule has 0 amide bonds. The fourth-order valence-corrected chi connectivity index (χ4v) is 5.34. The van der Waals surface area contributed by atoms with E-state index in [2.05, 4.69) is 24.1 Å². The molecule has 164 valence electrons.